The Morgan fingerprint density at radius 2 is 2.17 bits per heavy atom. The van der Waals surface area contributed by atoms with Crippen molar-refractivity contribution in [3.05, 3.63) is 60.0 Å². The minimum Gasteiger partial charge on any atom is -0.463 e. The summed E-state index contributed by atoms with van der Waals surface area (Å²) in [6.07, 6.45) is 6.58. The van der Waals surface area contributed by atoms with Crippen molar-refractivity contribution in [2.24, 2.45) is 0 Å². The molecule has 1 saturated heterocycles. The van der Waals surface area contributed by atoms with E-state index in [0.29, 0.717) is 23.7 Å². The molecule has 1 aromatic carbocycles. The maximum absolute atomic E-state index is 13.0. The van der Waals surface area contributed by atoms with Gasteiger partial charge >= 0.3 is 0 Å². The Morgan fingerprint density at radius 3 is 2.93 bits per heavy atom. The summed E-state index contributed by atoms with van der Waals surface area (Å²) in [4.78, 5) is 14.7. The van der Waals surface area contributed by atoms with Crippen LogP contribution in [0.3, 0.4) is 0 Å². The van der Waals surface area contributed by atoms with E-state index < -0.39 is 0 Å². The summed E-state index contributed by atoms with van der Waals surface area (Å²) in [6.45, 7) is 7.40. The zero-order chi connectivity index (χ0) is 20.9. The van der Waals surface area contributed by atoms with E-state index in [0.717, 1.165) is 30.3 Å². The van der Waals surface area contributed by atoms with Gasteiger partial charge in [0.05, 0.1) is 31.1 Å². The van der Waals surface area contributed by atoms with Gasteiger partial charge < -0.3 is 14.6 Å². The van der Waals surface area contributed by atoms with Crippen LogP contribution < -0.4 is 10.2 Å². The highest BCUT2D eigenvalue weighted by Crippen LogP contribution is 2.22. The number of hydrogen-bond donors (Lipinski definition) is 2. The van der Waals surface area contributed by atoms with Gasteiger partial charge in [0.2, 0.25) is 0 Å². The molecule has 1 aliphatic rings. The van der Waals surface area contributed by atoms with Gasteiger partial charge in [0.25, 0.3) is 5.91 Å². The quantitative estimate of drug-likeness (QED) is 0.592. The molecule has 0 bridgehead atoms. The highest BCUT2D eigenvalue weighted by atomic mass is 16.3. The van der Waals surface area contributed by atoms with E-state index >= 15 is 0 Å². The number of aromatic nitrogens is 2. The summed E-state index contributed by atoms with van der Waals surface area (Å²) in [6, 6.07) is 14.2. The van der Waals surface area contributed by atoms with Crippen LogP contribution in [0.15, 0.2) is 53.1 Å². The van der Waals surface area contributed by atoms with Gasteiger partial charge in [-0.05, 0) is 62.9 Å². The maximum atomic E-state index is 13.0. The van der Waals surface area contributed by atoms with Crippen molar-refractivity contribution >= 4 is 5.91 Å². The zero-order valence-corrected chi connectivity index (χ0v) is 17.9. The molecule has 4 rings (SSSR count). The van der Waals surface area contributed by atoms with Crippen LogP contribution in [0.5, 0.6) is 0 Å². The number of piperidine rings is 1. The van der Waals surface area contributed by atoms with Gasteiger partial charge in [0.15, 0.2) is 5.76 Å². The lowest BCUT2D eigenvalue weighted by Crippen LogP contribution is -3.16. The summed E-state index contributed by atoms with van der Waals surface area (Å²) >= 11 is 0. The Morgan fingerprint density at radius 1 is 1.27 bits per heavy atom. The average molecular weight is 408 g/mol. The third-order valence-electron chi connectivity index (χ3n) is 6.00. The molecule has 1 aliphatic heterocycles. The van der Waals surface area contributed by atoms with Gasteiger partial charge in [-0.1, -0.05) is 12.1 Å². The lowest BCUT2D eigenvalue weighted by molar-refractivity contribution is -0.928. The van der Waals surface area contributed by atoms with E-state index in [2.05, 4.69) is 17.3 Å². The minimum atomic E-state index is -0.108. The second-order valence-electron chi connectivity index (χ2n) is 8.31. The van der Waals surface area contributed by atoms with Crippen molar-refractivity contribution in [1.29, 1.82) is 0 Å². The molecular weight excluding hydrogens is 376 g/mol. The van der Waals surface area contributed by atoms with Crippen LogP contribution in [-0.2, 0) is 0 Å². The highest BCUT2D eigenvalue weighted by Gasteiger charge is 2.22. The minimum absolute atomic E-state index is 0.108. The van der Waals surface area contributed by atoms with Gasteiger partial charge in [-0.15, -0.1) is 0 Å². The summed E-state index contributed by atoms with van der Waals surface area (Å²) in [5, 5.41) is 7.75. The topological polar surface area (TPSA) is 64.5 Å². The van der Waals surface area contributed by atoms with E-state index in [9.17, 15) is 4.79 Å². The molecule has 3 heterocycles. The van der Waals surface area contributed by atoms with Gasteiger partial charge in [-0.2, -0.15) is 5.10 Å². The van der Waals surface area contributed by atoms with Gasteiger partial charge in [-0.3, -0.25) is 4.79 Å². The van der Waals surface area contributed by atoms with Crippen molar-refractivity contribution < 1.29 is 14.1 Å². The number of aryl methyl sites for hydroxylation is 1. The molecule has 0 radical (unpaired) electrons. The number of rotatable bonds is 7. The Balaban J connectivity index is 1.47. The number of amides is 1. The van der Waals surface area contributed by atoms with E-state index in [1.165, 1.54) is 25.8 Å². The standard InChI is InChI=1S/C24H30N4O2/c1-18-8-5-10-20(16-18)28-22(17-21(26-28)23-11-6-15-30-23)24(29)25-12-7-14-27-13-4-3-9-19(27)2/h5-6,8,10-11,15-17,19H,3-4,7,9,12-14H2,1-2H3,(H,25,29)/p+1/t19-/m0/s1. The molecule has 2 atom stereocenters. The smallest absolute Gasteiger partial charge is 0.270 e. The number of furan rings is 1. The highest BCUT2D eigenvalue weighted by molar-refractivity contribution is 5.94. The predicted octanol–water partition coefficient (Wildman–Crippen LogP) is 3.02. The zero-order valence-electron chi connectivity index (χ0n) is 17.9. The molecular formula is C24H31N4O2+. The largest absolute Gasteiger partial charge is 0.463 e. The lowest BCUT2D eigenvalue weighted by atomic mass is 10.0. The first-order valence-corrected chi connectivity index (χ1v) is 11.0. The fraction of sp³-hybridized carbons (Fsp3) is 0.417. The van der Waals surface area contributed by atoms with Crippen molar-refractivity contribution in [1.82, 2.24) is 15.1 Å². The first-order chi connectivity index (χ1) is 14.6. The first-order valence-electron chi connectivity index (χ1n) is 11.0. The molecule has 1 amide bonds. The Bertz CT molecular complexity index is 977. The Kier molecular flexibility index (Phi) is 6.33. The summed E-state index contributed by atoms with van der Waals surface area (Å²) < 4.78 is 7.20. The van der Waals surface area contributed by atoms with Crippen LogP contribution in [0.4, 0.5) is 0 Å². The summed E-state index contributed by atoms with van der Waals surface area (Å²) in [5.41, 5.74) is 3.15. The van der Waals surface area contributed by atoms with Crippen molar-refractivity contribution in [3.63, 3.8) is 0 Å². The number of nitrogens with zero attached hydrogens (tertiary/aromatic N) is 2. The molecule has 1 unspecified atom stereocenters. The maximum Gasteiger partial charge on any atom is 0.270 e. The SMILES string of the molecule is Cc1cccc(-n2nc(-c3ccco3)cc2C(=O)NCCC[NH+]2CCCC[C@@H]2C)c1. The third-order valence-corrected chi connectivity index (χ3v) is 6.00. The van der Waals surface area contributed by atoms with Crippen LogP contribution in [0, 0.1) is 6.92 Å². The number of hydrogen-bond acceptors (Lipinski definition) is 3. The number of carbonyl (C=O) groups excluding carboxylic acids is 1. The summed E-state index contributed by atoms with van der Waals surface area (Å²) in [7, 11) is 0. The molecule has 158 valence electrons. The molecule has 3 aromatic rings. The van der Waals surface area contributed by atoms with E-state index in [1.807, 2.05) is 43.3 Å². The normalized spacial score (nSPS) is 19.0. The average Bonchev–Trinajstić information content (AvgIpc) is 3.42. The molecule has 0 spiro atoms. The van der Waals surface area contributed by atoms with Crippen LogP contribution in [0.25, 0.3) is 17.1 Å². The molecule has 0 saturated carbocycles. The number of benzene rings is 1. The van der Waals surface area contributed by atoms with E-state index in [-0.39, 0.29) is 5.91 Å². The van der Waals surface area contributed by atoms with Crippen molar-refractivity contribution in [3.8, 4) is 17.1 Å². The lowest BCUT2D eigenvalue weighted by Gasteiger charge is -2.30. The number of carbonyl (C=O) groups is 1. The van der Waals surface area contributed by atoms with Crippen molar-refractivity contribution in [2.45, 2.75) is 45.6 Å². The van der Waals surface area contributed by atoms with E-state index in [1.54, 1.807) is 21.9 Å². The van der Waals surface area contributed by atoms with Crippen LogP contribution in [0.1, 0.15) is 48.7 Å². The third kappa shape index (κ3) is 4.65. The van der Waals surface area contributed by atoms with Gasteiger partial charge in [0.1, 0.15) is 11.4 Å². The number of nitrogens with one attached hydrogen (secondary N) is 2. The number of quaternary nitrogens is 1. The van der Waals surface area contributed by atoms with Crippen LogP contribution in [-0.4, -0.2) is 41.4 Å². The van der Waals surface area contributed by atoms with Gasteiger partial charge in [-0.25, -0.2) is 4.68 Å². The van der Waals surface area contributed by atoms with Crippen molar-refractivity contribution in [2.75, 3.05) is 19.6 Å². The Labute approximate surface area is 177 Å². The molecule has 1 fully saturated rings. The number of likely N-dealkylation sites (tertiary alicyclic amines) is 1. The molecule has 6 nitrogen and oxygen atoms in total. The first kappa shape index (κ1) is 20.4. The molecule has 30 heavy (non-hydrogen) atoms. The van der Waals surface area contributed by atoms with E-state index in [4.69, 9.17) is 4.42 Å². The molecule has 0 aliphatic carbocycles. The Hall–Kier alpha value is -2.86. The molecule has 6 heteroatoms. The molecule has 2 aromatic heterocycles. The predicted molar refractivity (Wildman–Crippen MR) is 117 cm³/mol. The molecule has 2 N–H and O–H groups in total. The second kappa shape index (κ2) is 9.30. The fourth-order valence-electron chi connectivity index (χ4n) is 4.28. The van der Waals surface area contributed by atoms with Crippen LogP contribution in [0.2, 0.25) is 0 Å². The summed E-state index contributed by atoms with van der Waals surface area (Å²) in [5.74, 6) is 0.543. The monoisotopic (exact) mass is 407 g/mol. The fourth-order valence-corrected chi connectivity index (χ4v) is 4.28. The van der Waals surface area contributed by atoms with Crippen LogP contribution >= 0.6 is 0 Å². The van der Waals surface area contributed by atoms with Gasteiger partial charge in [0, 0.05) is 19.0 Å². The second-order valence-corrected chi connectivity index (χ2v) is 8.31.